The summed E-state index contributed by atoms with van der Waals surface area (Å²) in [4.78, 5) is 0. The van der Waals surface area contributed by atoms with E-state index in [0.29, 0.717) is 6.04 Å². The second kappa shape index (κ2) is 3.72. The molecule has 0 radical (unpaired) electrons. The molecule has 0 amide bonds. The summed E-state index contributed by atoms with van der Waals surface area (Å²) in [6, 6.07) is 0.465. The maximum absolute atomic E-state index is 6.07. The van der Waals surface area contributed by atoms with Crippen molar-refractivity contribution in [1.82, 2.24) is 0 Å². The summed E-state index contributed by atoms with van der Waals surface area (Å²) < 4.78 is 11.4. The van der Waals surface area contributed by atoms with E-state index in [1.807, 2.05) is 0 Å². The molecule has 3 aliphatic rings. The van der Waals surface area contributed by atoms with Gasteiger partial charge in [0.15, 0.2) is 0 Å². The first-order valence-electron chi connectivity index (χ1n) is 6.26. The van der Waals surface area contributed by atoms with E-state index in [9.17, 15) is 0 Å². The Morgan fingerprint density at radius 3 is 2.67 bits per heavy atom. The Morgan fingerprint density at radius 2 is 2.07 bits per heavy atom. The zero-order chi connectivity index (χ0) is 10.3. The van der Waals surface area contributed by atoms with Crippen molar-refractivity contribution in [2.45, 2.75) is 43.7 Å². The molecule has 0 aromatic heterocycles. The van der Waals surface area contributed by atoms with Crippen LogP contribution in [0.3, 0.4) is 0 Å². The third-order valence-corrected chi connectivity index (χ3v) is 4.59. The molecule has 2 saturated heterocycles. The van der Waals surface area contributed by atoms with Crippen molar-refractivity contribution in [2.24, 2.45) is 17.6 Å². The molecule has 3 nitrogen and oxygen atoms in total. The van der Waals surface area contributed by atoms with E-state index in [4.69, 9.17) is 15.2 Å². The largest absolute Gasteiger partial charge is 0.378 e. The van der Waals surface area contributed by atoms with Crippen molar-refractivity contribution in [1.29, 1.82) is 0 Å². The lowest BCUT2D eigenvalue weighted by molar-refractivity contribution is -0.113. The topological polar surface area (TPSA) is 44.5 Å². The Bertz CT molecular complexity index is 238. The van der Waals surface area contributed by atoms with Crippen molar-refractivity contribution in [3.8, 4) is 0 Å². The molecule has 1 aliphatic carbocycles. The molecule has 0 bridgehead atoms. The molecule has 15 heavy (non-hydrogen) atoms. The lowest BCUT2D eigenvalue weighted by Crippen LogP contribution is -2.49. The Labute approximate surface area is 91.3 Å². The second-order valence-electron chi connectivity index (χ2n) is 5.49. The minimum absolute atomic E-state index is 0.0677. The molecule has 1 saturated carbocycles. The normalized spacial score (nSPS) is 50.6. The van der Waals surface area contributed by atoms with Gasteiger partial charge >= 0.3 is 0 Å². The van der Waals surface area contributed by atoms with Crippen LogP contribution in [0.5, 0.6) is 0 Å². The lowest BCUT2D eigenvalue weighted by Gasteiger charge is -2.46. The fourth-order valence-corrected chi connectivity index (χ4v) is 3.43. The summed E-state index contributed by atoms with van der Waals surface area (Å²) in [6.45, 7) is 2.60. The quantitative estimate of drug-likeness (QED) is 0.711. The third kappa shape index (κ3) is 1.71. The SMILES string of the molecule is NC1CCC1C1CCOC2(CCOC2)C1. The Hall–Kier alpha value is -0.120. The highest BCUT2D eigenvalue weighted by molar-refractivity contribution is 4.96. The van der Waals surface area contributed by atoms with Gasteiger partial charge in [0.1, 0.15) is 0 Å². The third-order valence-electron chi connectivity index (χ3n) is 4.59. The van der Waals surface area contributed by atoms with Crippen molar-refractivity contribution < 1.29 is 9.47 Å². The maximum Gasteiger partial charge on any atom is 0.0939 e. The van der Waals surface area contributed by atoms with Crippen LogP contribution >= 0.6 is 0 Å². The zero-order valence-electron chi connectivity index (χ0n) is 9.28. The highest BCUT2D eigenvalue weighted by Crippen LogP contribution is 2.44. The van der Waals surface area contributed by atoms with Crippen LogP contribution < -0.4 is 5.73 Å². The van der Waals surface area contributed by atoms with Gasteiger partial charge in [0.2, 0.25) is 0 Å². The van der Waals surface area contributed by atoms with Gasteiger partial charge in [-0.05, 0) is 37.5 Å². The first-order valence-corrected chi connectivity index (χ1v) is 6.26. The molecule has 0 aromatic carbocycles. The van der Waals surface area contributed by atoms with Crippen LogP contribution in [0, 0.1) is 11.8 Å². The van der Waals surface area contributed by atoms with Crippen molar-refractivity contribution in [3.63, 3.8) is 0 Å². The standard InChI is InChI=1S/C12H21NO2/c13-11-2-1-10(11)9-3-5-15-12(7-9)4-6-14-8-12/h9-11H,1-8,13H2. The molecule has 86 valence electrons. The maximum atomic E-state index is 6.07. The van der Waals surface area contributed by atoms with E-state index in [-0.39, 0.29) is 5.60 Å². The predicted molar refractivity (Wildman–Crippen MR) is 57.5 cm³/mol. The number of nitrogens with two attached hydrogens (primary N) is 1. The molecule has 2 aliphatic heterocycles. The van der Waals surface area contributed by atoms with Gasteiger partial charge in [-0.1, -0.05) is 0 Å². The number of hydrogen-bond acceptors (Lipinski definition) is 3. The van der Waals surface area contributed by atoms with Gasteiger partial charge in [0, 0.05) is 25.7 Å². The highest BCUT2D eigenvalue weighted by atomic mass is 16.6. The first kappa shape index (κ1) is 10.1. The number of ether oxygens (including phenoxy) is 2. The summed E-state index contributed by atoms with van der Waals surface area (Å²) in [7, 11) is 0. The monoisotopic (exact) mass is 211 g/mol. The fraction of sp³-hybridized carbons (Fsp3) is 1.00. The van der Waals surface area contributed by atoms with E-state index in [2.05, 4.69) is 0 Å². The van der Waals surface area contributed by atoms with Crippen LogP contribution in [0.1, 0.15) is 32.1 Å². The van der Waals surface area contributed by atoms with Crippen LogP contribution in [-0.2, 0) is 9.47 Å². The van der Waals surface area contributed by atoms with Crippen LogP contribution in [-0.4, -0.2) is 31.5 Å². The van der Waals surface area contributed by atoms with Crippen molar-refractivity contribution in [2.75, 3.05) is 19.8 Å². The highest BCUT2D eigenvalue weighted by Gasteiger charge is 2.45. The number of hydrogen-bond donors (Lipinski definition) is 1. The van der Waals surface area contributed by atoms with Gasteiger partial charge in [-0.3, -0.25) is 0 Å². The minimum Gasteiger partial charge on any atom is -0.378 e. The lowest BCUT2D eigenvalue weighted by atomic mass is 9.67. The van der Waals surface area contributed by atoms with Gasteiger partial charge in [-0.25, -0.2) is 0 Å². The van der Waals surface area contributed by atoms with Crippen LogP contribution in [0.2, 0.25) is 0 Å². The van der Waals surface area contributed by atoms with E-state index in [0.717, 1.165) is 38.1 Å². The average Bonchev–Trinajstić information content (AvgIpc) is 2.64. The molecule has 1 spiro atoms. The molecule has 2 N–H and O–H groups in total. The minimum atomic E-state index is 0.0677. The van der Waals surface area contributed by atoms with Gasteiger partial charge < -0.3 is 15.2 Å². The average molecular weight is 211 g/mol. The van der Waals surface area contributed by atoms with E-state index in [1.165, 1.54) is 25.7 Å². The Kier molecular flexibility index (Phi) is 2.49. The van der Waals surface area contributed by atoms with Crippen molar-refractivity contribution in [3.05, 3.63) is 0 Å². The zero-order valence-corrected chi connectivity index (χ0v) is 9.28. The van der Waals surface area contributed by atoms with Crippen LogP contribution in [0.4, 0.5) is 0 Å². The predicted octanol–water partition coefficient (Wildman–Crippen LogP) is 1.31. The molecule has 3 rings (SSSR count). The Morgan fingerprint density at radius 1 is 1.13 bits per heavy atom. The van der Waals surface area contributed by atoms with Gasteiger partial charge in [-0.15, -0.1) is 0 Å². The first-order chi connectivity index (χ1) is 7.29. The molecule has 0 aromatic rings. The number of rotatable bonds is 1. The van der Waals surface area contributed by atoms with E-state index in [1.54, 1.807) is 0 Å². The van der Waals surface area contributed by atoms with E-state index < -0.39 is 0 Å². The summed E-state index contributed by atoms with van der Waals surface area (Å²) in [5.74, 6) is 1.57. The summed E-state index contributed by atoms with van der Waals surface area (Å²) >= 11 is 0. The van der Waals surface area contributed by atoms with Crippen LogP contribution in [0.15, 0.2) is 0 Å². The molecule has 4 unspecified atom stereocenters. The summed E-state index contributed by atoms with van der Waals surface area (Å²) in [5, 5.41) is 0. The molecule has 2 heterocycles. The van der Waals surface area contributed by atoms with Gasteiger partial charge in [0.05, 0.1) is 12.2 Å². The second-order valence-corrected chi connectivity index (χ2v) is 5.49. The smallest absolute Gasteiger partial charge is 0.0939 e. The summed E-state index contributed by atoms with van der Waals surface area (Å²) in [5.41, 5.74) is 6.14. The Balaban J connectivity index is 1.65. The van der Waals surface area contributed by atoms with Gasteiger partial charge in [0.25, 0.3) is 0 Å². The summed E-state index contributed by atoms with van der Waals surface area (Å²) in [6.07, 6.45) is 6.05. The molecule has 4 atom stereocenters. The fourth-order valence-electron chi connectivity index (χ4n) is 3.43. The molecular formula is C12H21NO2. The van der Waals surface area contributed by atoms with Crippen molar-refractivity contribution >= 4 is 0 Å². The molecule has 3 heteroatoms. The van der Waals surface area contributed by atoms with E-state index >= 15 is 0 Å². The van der Waals surface area contributed by atoms with Gasteiger partial charge in [-0.2, -0.15) is 0 Å². The molecule has 3 fully saturated rings. The van der Waals surface area contributed by atoms with Crippen LogP contribution in [0.25, 0.3) is 0 Å². The molecular weight excluding hydrogens is 190 g/mol.